The van der Waals surface area contributed by atoms with E-state index in [0.717, 1.165) is 23.4 Å². The normalized spacial score (nSPS) is 16.7. The maximum absolute atomic E-state index is 5.66. The Balaban J connectivity index is 1.90. The SMILES string of the molecule is Cc1cc(C(N)=S)nc(NC2CCOc3ccccc32)n1. The van der Waals surface area contributed by atoms with Crippen LogP contribution in [0.3, 0.4) is 0 Å². The van der Waals surface area contributed by atoms with Gasteiger partial charge >= 0.3 is 0 Å². The number of hydrogen-bond acceptors (Lipinski definition) is 5. The average molecular weight is 300 g/mol. The molecule has 0 saturated heterocycles. The number of rotatable bonds is 3. The van der Waals surface area contributed by atoms with Gasteiger partial charge in [-0.25, -0.2) is 9.97 Å². The molecule has 1 aliphatic rings. The lowest BCUT2D eigenvalue weighted by molar-refractivity contribution is 0.274. The van der Waals surface area contributed by atoms with Crippen LogP contribution < -0.4 is 15.8 Å². The molecule has 0 fully saturated rings. The Hall–Kier alpha value is -2.21. The Labute approximate surface area is 128 Å². The van der Waals surface area contributed by atoms with Gasteiger partial charge in [-0.1, -0.05) is 30.4 Å². The third kappa shape index (κ3) is 2.95. The predicted octanol–water partition coefficient (Wildman–Crippen LogP) is 2.35. The summed E-state index contributed by atoms with van der Waals surface area (Å²) >= 11 is 4.99. The zero-order chi connectivity index (χ0) is 14.8. The molecule has 1 unspecified atom stereocenters. The van der Waals surface area contributed by atoms with Crippen LogP contribution in [0.15, 0.2) is 30.3 Å². The average Bonchev–Trinajstić information content (AvgIpc) is 2.47. The number of aryl methyl sites for hydroxylation is 1. The molecule has 1 aromatic heterocycles. The number of hydrogen-bond donors (Lipinski definition) is 2. The molecule has 0 saturated carbocycles. The first-order chi connectivity index (χ1) is 10.1. The van der Waals surface area contributed by atoms with Gasteiger partial charge in [0, 0.05) is 17.7 Å². The quantitative estimate of drug-likeness (QED) is 0.848. The highest BCUT2D eigenvalue weighted by atomic mass is 32.1. The fraction of sp³-hybridized carbons (Fsp3) is 0.267. The molecule has 2 aromatic rings. The number of nitrogens with zero attached hydrogens (tertiary/aromatic N) is 2. The number of thiocarbonyl (C=S) groups is 1. The molecule has 1 atom stereocenters. The topological polar surface area (TPSA) is 73.1 Å². The van der Waals surface area contributed by atoms with Crippen molar-refractivity contribution < 1.29 is 4.74 Å². The van der Waals surface area contributed by atoms with E-state index in [2.05, 4.69) is 21.4 Å². The maximum atomic E-state index is 5.66. The van der Waals surface area contributed by atoms with Crippen LogP contribution in [-0.2, 0) is 0 Å². The summed E-state index contributed by atoms with van der Waals surface area (Å²) in [7, 11) is 0. The lowest BCUT2D eigenvalue weighted by Crippen LogP contribution is -2.22. The van der Waals surface area contributed by atoms with Crippen LogP contribution in [0, 0.1) is 6.92 Å². The van der Waals surface area contributed by atoms with Crippen LogP contribution in [0.25, 0.3) is 0 Å². The maximum Gasteiger partial charge on any atom is 0.224 e. The van der Waals surface area contributed by atoms with Gasteiger partial charge in [-0.15, -0.1) is 0 Å². The molecule has 0 bridgehead atoms. The minimum Gasteiger partial charge on any atom is -0.493 e. The van der Waals surface area contributed by atoms with Crippen molar-refractivity contribution in [3.8, 4) is 5.75 Å². The second-order valence-electron chi connectivity index (χ2n) is 4.95. The first-order valence-electron chi connectivity index (χ1n) is 6.77. The van der Waals surface area contributed by atoms with Crippen molar-refractivity contribution in [2.24, 2.45) is 5.73 Å². The molecule has 5 nitrogen and oxygen atoms in total. The van der Waals surface area contributed by atoms with Crippen LogP contribution in [0.4, 0.5) is 5.95 Å². The van der Waals surface area contributed by atoms with Gasteiger partial charge in [-0.3, -0.25) is 0 Å². The first kappa shape index (κ1) is 13.8. The van der Waals surface area contributed by atoms with Crippen LogP contribution in [0.2, 0.25) is 0 Å². The third-order valence-electron chi connectivity index (χ3n) is 3.37. The van der Waals surface area contributed by atoms with Gasteiger partial charge in [0.05, 0.1) is 12.6 Å². The Bertz CT molecular complexity index is 689. The molecule has 3 rings (SSSR count). The molecule has 0 spiro atoms. The standard InChI is InChI=1S/C15H16N4OS/c1-9-8-12(14(16)21)19-15(17-9)18-11-6-7-20-13-5-3-2-4-10(11)13/h2-5,8,11H,6-7H2,1H3,(H2,16,21)(H,17,18,19). The molecule has 0 radical (unpaired) electrons. The summed E-state index contributed by atoms with van der Waals surface area (Å²) < 4.78 is 5.66. The van der Waals surface area contributed by atoms with E-state index >= 15 is 0 Å². The molecule has 21 heavy (non-hydrogen) atoms. The second kappa shape index (κ2) is 5.65. The summed E-state index contributed by atoms with van der Waals surface area (Å²) in [6.07, 6.45) is 0.858. The van der Waals surface area contributed by atoms with E-state index in [9.17, 15) is 0 Å². The Morgan fingerprint density at radius 2 is 2.19 bits per heavy atom. The molecule has 6 heteroatoms. The highest BCUT2D eigenvalue weighted by Gasteiger charge is 2.21. The van der Waals surface area contributed by atoms with E-state index in [1.165, 1.54) is 0 Å². The van der Waals surface area contributed by atoms with Crippen molar-refractivity contribution in [3.63, 3.8) is 0 Å². The van der Waals surface area contributed by atoms with E-state index < -0.39 is 0 Å². The number of nitrogens with one attached hydrogen (secondary N) is 1. The molecule has 0 aliphatic carbocycles. The van der Waals surface area contributed by atoms with Gasteiger partial charge in [0.15, 0.2) is 0 Å². The molecule has 2 heterocycles. The van der Waals surface area contributed by atoms with Gasteiger partial charge in [0.25, 0.3) is 0 Å². The Kier molecular flexibility index (Phi) is 3.70. The highest BCUT2D eigenvalue weighted by Crippen LogP contribution is 2.33. The number of aromatic nitrogens is 2. The number of benzene rings is 1. The van der Waals surface area contributed by atoms with Crippen molar-refractivity contribution in [2.75, 3.05) is 11.9 Å². The molecule has 1 aliphatic heterocycles. The van der Waals surface area contributed by atoms with Crippen molar-refractivity contribution in [1.29, 1.82) is 0 Å². The summed E-state index contributed by atoms with van der Waals surface area (Å²) in [5.41, 5.74) is 8.18. The van der Waals surface area contributed by atoms with Crippen LogP contribution in [0.1, 0.15) is 29.4 Å². The number of nitrogens with two attached hydrogens (primary N) is 1. The van der Waals surface area contributed by atoms with E-state index in [0.29, 0.717) is 18.2 Å². The van der Waals surface area contributed by atoms with Crippen molar-refractivity contribution in [2.45, 2.75) is 19.4 Å². The van der Waals surface area contributed by atoms with Crippen LogP contribution in [-0.4, -0.2) is 21.6 Å². The van der Waals surface area contributed by atoms with Gasteiger partial charge in [0.2, 0.25) is 5.95 Å². The molecule has 1 aromatic carbocycles. The van der Waals surface area contributed by atoms with Gasteiger partial charge in [-0.05, 0) is 19.1 Å². The predicted molar refractivity (Wildman–Crippen MR) is 85.6 cm³/mol. The lowest BCUT2D eigenvalue weighted by atomic mass is 10.0. The number of ether oxygens (including phenoxy) is 1. The Morgan fingerprint density at radius 3 is 3.00 bits per heavy atom. The second-order valence-corrected chi connectivity index (χ2v) is 5.39. The fourth-order valence-electron chi connectivity index (χ4n) is 2.41. The first-order valence-corrected chi connectivity index (χ1v) is 7.18. The van der Waals surface area contributed by atoms with E-state index in [4.69, 9.17) is 22.7 Å². The van der Waals surface area contributed by atoms with Crippen LogP contribution >= 0.6 is 12.2 Å². The largest absolute Gasteiger partial charge is 0.493 e. The van der Waals surface area contributed by atoms with Gasteiger partial charge in [0.1, 0.15) is 16.4 Å². The number of fused-ring (bicyclic) bond motifs is 1. The Morgan fingerprint density at radius 1 is 1.38 bits per heavy atom. The summed E-state index contributed by atoms with van der Waals surface area (Å²) in [6.45, 7) is 2.56. The third-order valence-corrected chi connectivity index (χ3v) is 3.58. The zero-order valence-electron chi connectivity index (χ0n) is 11.7. The van der Waals surface area contributed by atoms with Crippen molar-refractivity contribution >= 4 is 23.2 Å². The summed E-state index contributed by atoms with van der Waals surface area (Å²) in [5, 5.41) is 3.36. The fourth-order valence-corrected chi connectivity index (χ4v) is 2.51. The summed E-state index contributed by atoms with van der Waals surface area (Å²) in [6, 6.07) is 9.90. The zero-order valence-corrected chi connectivity index (χ0v) is 12.5. The molecule has 0 amide bonds. The van der Waals surface area contributed by atoms with Gasteiger partial charge in [-0.2, -0.15) is 0 Å². The summed E-state index contributed by atoms with van der Waals surface area (Å²) in [5.74, 6) is 1.45. The van der Waals surface area contributed by atoms with Crippen molar-refractivity contribution in [3.05, 3.63) is 47.3 Å². The van der Waals surface area contributed by atoms with Crippen molar-refractivity contribution in [1.82, 2.24) is 9.97 Å². The smallest absolute Gasteiger partial charge is 0.224 e. The highest BCUT2D eigenvalue weighted by molar-refractivity contribution is 7.80. The minimum absolute atomic E-state index is 0.121. The van der Waals surface area contributed by atoms with Gasteiger partial charge < -0.3 is 15.8 Å². The minimum atomic E-state index is 0.121. The molecular formula is C15H16N4OS. The summed E-state index contributed by atoms with van der Waals surface area (Å²) in [4.78, 5) is 9.05. The number of para-hydroxylation sites is 1. The number of anilines is 1. The van der Waals surface area contributed by atoms with E-state index in [-0.39, 0.29) is 11.0 Å². The molecule has 3 N–H and O–H groups in total. The molecular weight excluding hydrogens is 284 g/mol. The van der Waals surface area contributed by atoms with E-state index in [1.807, 2.05) is 25.1 Å². The lowest BCUT2D eigenvalue weighted by Gasteiger charge is -2.26. The monoisotopic (exact) mass is 300 g/mol. The van der Waals surface area contributed by atoms with Crippen LogP contribution in [0.5, 0.6) is 5.75 Å². The van der Waals surface area contributed by atoms with E-state index in [1.54, 1.807) is 6.07 Å². The molecule has 108 valence electrons.